The summed E-state index contributed by atoms with van der Waals surface area (Å²) in [6.45, 7) is 3.14. The first-order valence-corrected chi connectivity index (χ1v) is 10.3. The third-order valence-electron chi connectivity index (χ3n) is 5.57. The average Bonchev–Trinajstić information content (AvgIpc) is 3.18. The van der Waals surface area contributed by atoms with E-state index < -0.39 is 5.60 Å². The van der Waals surface area contributed by atoms with Crippen molar-refractivity contribution in [2.24, 2.45) is 5.16 Å². The summed E-state index contributed by atoms with van der Waals surface area (Å²) in [6.07, 6.45) is 2.90. The first-order valence-electron chi connectivity index (χ1n) is 10.3. The van der Waals surface area contributed by atoms with Crippen LogP contribution in [0.1, 0.15) is 31.7 Å². The number of nitrogens with zero attached hydrogens (tertiary/aromatic N) is 2. The predicted octanol–water partition coefficient (Wildman–Crippen LogP) is 4.03. The number of hydrogen-bond donors (Lipinski definition) is 2. The van der Waals surface area contributed by atoms with E-state index in [2.05, 4.69) is 22.7 Å². The van der Waals surface area contributed by atoms with E-state index in [0.29, 0.717) is 30.9 Å². The molecule has 1 fully saturated rings. The van der Waals surface area contributed by atoms with E-state index in [1.807, 2.05) is 54.6 Å². The summed E-state index contributed by atoms with van der Waals surface area (Å²) in [7, 11) is 0. The lowest BCUT2D eigenvalue weighted by molar-refractivity contribution is -0.110. The van der Waals surface area contributed by atoms with E-state index in [1.54, 1.807) is 4.90 Å². The highest BCUT2D eigenvalue weighted by atomic mass is 16.7. The number of benzene rings is 2. The van der Waals surface area contributed by atoms with Gasteiger partial charge in [0.25, 0.3) is 5.91 Å². The monoisotopic (exact) mass is 406 g/mol. The van der Waals surface area contributed by atoms with Gasteiger partial charge in [-0.2, -0.15) is 0 Å². The van der Waals surface area contributed by atoms with Gasteiger partial charge in [0.1, 0.15) is 5.71 Å². The van der Waals surface area contributed by atoms with Gasteiger partial charge >= 0.3 is 6.03 Å². The number of anilines is 2. The summed E-state index contributed by atoms with van der Waals surface area (Å²) in [5.41, 5.74) is 2.43. The SMILES string of the molecule is CCc1ccc(NC(=O)N2CCCC3(CC(C(=O)Nc4ccccc4)=NO3)C2)cc1. The third kappa shape index (κ3) is 4.45. The second kappa shape index (κ2) is 8.57. The number of likely N-dealkylation sites (tertiary alicyclic amines) is 1. The number of carbonyl (C=O) groups excluding carboxylic acids is 2. The number of piperidine rings is 1. The molecule has 156 valence electrons. The van der Waals surface area contributed by atoms with Gasteiger partial charge < -0.3 is 20.4 Å². The minimum atomic E-state index is -0.634. The Morgan fingerprint density at radius 2 is 1.80 bits per heavy atom. The molecule has 2 aromatic carbocycles. The highest BCUT2D eigenvalue weighted by Crippen LogP contribution is 2.34. The van der Waals surface area contributed by atoms with Crippen molar-refractivity contribution in [2.75, 3.05) is 23.7 Å². The van der Waals surface area contributed by atoms with E-state index in [-0.39, 0.29) is 11.9 Å². The van der Waals surface area contributed by atoms with Crippen molar-refractivity contribution in [1.29, 1.82) is 0 Å². The number of para-hydroxylation sites is 1. The molecule has 1 saturated heterocycles. The Morgan fingerprint density at radius 1 is 1.07 bits per heavy atom. The maximum atomic E-state index is 12.8. The number of aryl methyl sites for hydroxylation is 1. The molecular formula is C23H26N4O3. The number of nitrogens with one attached hydrogen (secondary N) is 2. The fraction of sp³-hybridized carbons (Fsp3) is 0.348. The van der Waals surface area contributed by atoms with Crippen LogP contribution in [0.5, 0.6) is 0 Å². The molecule has 0 radical (unpaired) electrons. The summed E-state index contributed by atoms with van der Waals surface area (Å²) >= 11 is 0. The van der Waals surface area contributed by atoms with E-state index in [4.69, 9.17) is 4.84 Å². The van der Waals surface area contributed by atoms with Gasteiger partial charge in [0, 0.05) is 24.3 Å². The molecule has 7 heteroatoms. The number of carbonyl (C=O) groups is 2. The smallest absolute Gasteiger partial charge is 0.321 e. The molecule has 2 aromatic rings. The Bertz CT molecular complexity index is 943. The molecule has 1 spiro atoms. The average molecular weight is 406 g/mol. The lowest BCUT2D eigenvalue weighted by Gasteiger charge is -2.38. The number of oxime groups is 1. The van der Waals surface area contributed by atoms with Crippen molar-refractivity contribution in [1.82, 2.24) is 4.90 Å². The second-order valence-corrected chi connectivity index (χ2v) is 7.81. The molecule has 2 aliphatic heterocycles. The van der Waals surface area contributed by atoms with Gasteiger partial charge in [-0.1, -0.05) is 42.4 Å². The normalized spacial score (nSPS) is 20.4. The molecule has 0 aromatic heterocycles. The zero-order valence-corrected chi connectivity index (χ0v) is 17.1. The molecule has 0 bridgehead atoms. The van der Waals surface area contributed by atoms with Crippen LogP contribution < -0.4 is 10.6 Å². The molecule has 2 heterocycles. The van der Waals surface area contributed by atoms with Gasteiger partial charge in [0.2, 0.25) is 0 Å². The molecule has 2 aliphatic rings. The topological polar surface area (TPSA) is 83.0 Å². The molecule has 4 rings (SSSR count). The van der Waals surface area contributed by atoms with Crippen molar-refractivity contribution in [3.63, 3.8) is 0 Å². The standard InChI is InChI=1S/C23H26N4O3/c1-2-17-9-11-19(12-10-17)25-22(29)27-14-6-13-23(16-27)15-20(26-30-23)21(28)24-18-7-4-3-5-8-18/h3-5,7-12H,2,6,13-16H2,1H3,(H,24,28)(H,25,29). The van der Waals surface area contributed by atoms with Crippen LogP contribution in [-0.4, -0.2) is 41.2 Å². The Hall–Kier alpha value is -3.35. The van der Waals surface area contributed by atoms with E-state index in [0.717, 1.165) is 24.9 Å². The Kier molecular flexibility index (Phi) is 5.70. The molecule has 30 heavy (non-hydrogen) atoms. The molecule has 0 saturated carbocycles. The highest BCUT2D eigenvalue weighted by Gasteiger charge is 2.45. The molecule has 2 N–H and O–H groups in total. The van der Waals surface area contributed by atoms with Crippen LogP contribution in [0.15, 0.2) is 59.8 Å². The van der Waals surface area contributed by atoms with Gasteiger partial charge in [-0.3, -0.25) is 4.79 Å². The summed E-state index contributed by atoms with van der Waals surface area (Å²) in [5.74, 6) is -0.268. The largest absolute Gasteiger partial charge is 0.386 e. The predicted molar refractivity (Wildman–Crippen MR) is 117 cm³/mol. The first-order chi connectivity index (χ1) is 14.6. The molecule has 1 atom stereocenters. The number of rotatable bonds is 4. The van der Waals surface area contributed by atoms with Gasteiger partial charge in [-0.25, -0.2) is 4.79 Å². The van der Waals surface area contributed by atoms with E-state index in [9.17, 15) is 9.59 Å². The lowest BCUT2D eigenvalue weighted by Crippen LogP contribution is -2.52. The quantitative estimate of drug-likeness (QED) is 0.804. The third-order valence-corrected chi connectivity index (χ3v) is 5.57. The minimum Gasteiger partial charge on any atom is -0.386 e. The zero-order valence-electron chi connectivity index (χ0n) is 17.1. The maximum absolute atomic E-state index is 12.8. The van der Waals surface area contributed by atoms with Crippen LogP contribution in [0.3, 0.4) is 0 Å². The van der Waals surface area contributed by atoms with E-state index in [1.165, 1.54) is 5.56 Å². The van der Waals surface area contributed by atoms with Crippen molar-refractivity contribution in [3.8, 4) is 0 Å². The molecule has 1 unspecified atom stereocenters. The summed E-state index contributed by atoms with van der Waals surface area (Å²) in [5, 5.41) is 9.84. The summed E-state index contributed by atoms with van der Waals surface area (Å²) in [4.78, 5) is 32.8. The number of amides is 3. The molecule has 0 aliphatic carbocycles. The number of urea groups is 1. The fourth-order valence-electron chi connectivity index (χ4n) is 3.88. The molecular weight excluding hydrogens is 380 g/mol. The highest BCUT2D eigenvalue weighted by molar-refractivity contribution is 6.43. The van der Waals surface area contributed by atoms with Crippen molar-refractivity contribution in [2.45, 2.75) is 38.2 Å². The van der Waals surface area contributed by atoms with Gasteiger partial charge in [-0.15, -0.1) is 0 Å². The van der Waals surface area contributed by atoms with Gasteiger partial charge in [0.05, 0.1) is 6.54 Å². The first kappa shape index (κ1) is 19.9. The number of hydrogen-bond acceptors (Lipinski definition) is 4. The molecule has 3 amide bonds. The van der Waals surface area contributed by atoms with Gasteiger partial charge in [-0.05, 0) is 49.1 Å². The second-order valence-electron chi connectivity index (χ2n) is 7.81. The summed E-state index contributed by atoms with van der Waals surface area (Å²) < 4.78 is 0. The zero-order chi connectivity index (χ0) is 21.0. The Balaban J connectivity index is 1.35. The van der Waals surface area contributed by atoms with E-state index >= 15 is 0 Å². The van der Waals surface area contributed by atoms with Crippen LogP contribution in [0.4, 0.5) is 16.2 Å². The minimum absolute atomic E-state index is 0.163. The lowest BCUT2D eigenvalue weighted by atomic mass is 9.88. The van der Waals surface area contributed by atoms with Crippen LogP contribution in [0.2, 0.25) is 0 Å². The van der Waals surface area contributed by atoms with Crippen molar-refractivity contribution < 1.29 is 14.4 Å². The Labute approximate surface area is 176 Å². The van der Waals surface area contributed by atoms with Gasteiger partial charge in [0.15, 0.2) is 5.60 Å². The Morgan fingerprint density at radius 3 is 2.53 bits per heavy atom. The van der Waals surface area contributed by atoms with Crippen LogP contribution in [0, 0.1) is 0 Å². The summed E-state index contributed by atoms with van der Waals surface area (Å²) in [6, 6.07) is 16.9. The van der Waals surface area contributed by atoms with Crippen molar-refractivity contribution in [3.05, 3.63) is 60.2 Å². The van der Waals surface area contributed by atoms with Crippen LogP contribution in [-0.2, 0) is 16.1 Å². The molecule has 7 nitrogen and oxygen atoms in total. The van der Waals surface area contributed by atoms with Crippen LogP contribution in [0.25, 0.3) is 0 Å². The van der Waals surface area contributed by atoms with Crippen LogP contribution >= 0.6 is 0 Å². The maximum Gasteiger partial charge on any atom is 0.321 e. The van der Waals surface area contributed by atoms with Crippen molar-refractivity contribution >= 4 is 29.0 Å². The fourth-order valence-corrected chi connectivity index (χ4v) is 3.88.